The Kier molecular flexibility index (Phi) is 3.51. The Balaban J connectivity index is 1.47. The molecule has 3 heteroatoms. The normalized spacial score (nSPS) is 25.3. The molecule has 2 unspecified atom stereocenters. The first-order valence-electron chi connectivity index (χ1n) is 8.16. The van der Waals surface area contributed by atoms with Gasteiger partial charge in [-0.3, -0.25) is 0 Å². The van der Waals surface area contributed by atoms with Crippen LogP contribution in [0.5, 0.6) is 0 Å². The van der Waals surface area contributed by atoms with Crippen molar-refractivity contribution in [1.82, 2.24) is 0 Å². The summed E-state index contributed by atoms with van der Waals surface area (Å²) in [4.78, 5) is 4.68. The first-order valence-corrected chi connectivity index (χ1v) is 8.16. The molecule has 0 radical (unpaired) electrons. The maximum absolute atomic E-state index is 10.9. The number of para-hydroxylation sites is 2. The smallest absolute Gasteiger partial charge is 0.0947 e. The Hall–Kier alpha value is -2.00. The van der Waals surface area contributed by atoms with Crippen LogP contribution in [0.1, 0.15) is 12.8 Å². The molecular weight excluding hydrogens is 272 g/mol. The van der Waals surface area contributed by atoms with E-state index in [0.717, 1.165) is 25.9 Å². The molecule has 0 amide bonds. The molecule has 1 N–H and O–H groups in total. The molecule has 0 aliphatic carbocycles. The lowest BCUT2D eigenvalue weighted by atomic mass is 9.85. The summed E-state index contributed by atoms with van der Waals surface area (Å²) in [5.74, 6) is 0. The predicted molar refractivity (Wildman–Crippen MR) is 90.4 cm³/mol. The zero-order valence-electron chi connectivity index (χ0n) is 12.7. The van der Waals surface area contributed by atoms with Crippen molar-refractivity contribution in [2.75, 3.05) is 22.9 Å². The summed E-state index contributed by atoms with van der Waals surface area (Å²) in [5, 5.41) is 10.9. The van der Waals surface area contributed by atoms with Gasteiger partial charge in [-0.15, -0.1) is 0 Å². The minimum absolute atomic E-state index is 0.249. The van der Waals surface area contributed by atoms with Crippen molar-refractivity contribution in [3.8, 4) is 0 Å². The van der Waals surface area contributed by atoms with E-state index < -0.39 is 0 Å². The van der Waals surface area contributed by atoms with Crippen LogP contribution in [0.3, 0.4) is 0 Å². The fourth-order valence-corrected chi connectivity index (χ4v) is 3.66. The standard InChI is InChI=1S/C19H22N2O/c22-19(17-11-13-20(17)15-7-3-1-4-8-15)18-12-14-21(18)16-9-5-2-6-10-16/h1-10,17-19,22H,11-14H2. The Morgan fingerprint density at radius 3 is 1.45 bits per heavy atom. The van der Waals surface area contributed by atoms with Crippen molar-refractivity contribution in [3.63, 3.8) is 0 Å². The summed E-state index contributed by atoms with van der Waals surface area (Å²) in [5.41, 5.74) is 2.45. The predicted octanol–water partition coefficient (Wildman–Crippen LogP) is 2.91. The van der Waals surface area contributed by atoms with Crippen molar-refractivity contribution >= 4 is 11.4 Å². The second-order valence-corrected chi connectivity index (χ2v) is 6.26. The third-order valence-corrected chi connectivity index (χ3v) is 5.10. The van der Waals surface area contributed by atoms with Crippen LogP contribution in [0.4, 0.5) is 11.4 Å². The van der Waals surface area contributed by atoms with Gasteiger partial charge in [-0.1, -0.05) is 36.4 Å². The van der Waals surface area contributed by atoms with Gasteiger partial charge in [0, 0.05) is 24.5 Å². The fourth-order valence-electron chi connectivity index (χ4n) is 3.66. The number of hydrogen-bond donors (Lipinski definition) is 1. The van der Waals surface area contributed by atoms with Crippen LogP contribution >= 0.6 is 0 Å². The highest BCUT2D eigenvalue weighted by atomic mass is 16.3. The molecule has 22 heavy (non-hydrogen) atoms. The van der Waals surface area contributed by atoms with Gasteiger partial charge >= 0.3 is 0 Å². The number of rotatable bonds is 4. The van der Waals surface area contributed by atoms with Crippen molar-refractivity contribution < 1.29 is 5.11 Å². The van der Waals surface area contributed by atoms with Crippen molar-refractivity contribution in [2.45, 2.75) is 31.0 Å². The zero-order valence-corrected chi connectivity index (χ0v) is 12.7. The SMILES string of the molecule is OC(C1CCN1c1ccccc1)C1CCN1c1ccccc1. The molecule has 3 nitrogen and oxygen atoms in total. The second-order valence-electron chi connectivity index (χ2n) is 6.26. The molecular formula is C19H22N2O. The van der Waals surface area contributed by atoms with E-state index in [1.54, 1.807) is 0 Å². The number of anilines is 2. The van der Waals surface area contributed by atoms with Gasteiger partial charge in [0.1, 0.15) is 0 Å². The van der Waals surface area contributed by atoms with Gasteiger partial charge in [0.2, 0.25) is 0 Å². The summed E-state index contributed by atoms with van der Waals surface area (Å²) in [6.45, 7) is 2.09. The van der Waals surface area contributed by atoms with Gasteiger partial charge in [-0.2, -0.15) is 0 Å². The molecule has 0 saturated carbocycles. The summed E-state index contributed by atoms with van der Waals surface area (Å²) >= 11 is 0. The lowest BCUT2D eigenvalue weighted by Crippen LogP contribution is -2.65. The van der Waals surface area contributed by atoms with Crippen molar-refractivity contribution in [3.05, 3.63) is 60.7 Å². The van der Waals surface area contributed by atoms with E-state index in [4.69, 9.17) is 0 Å². The van der Waals surface area contributed by atoms with E-state index >= 15 is 0 Å². The van der Waals surface area contributed by atoms with Crippen LogP contribution in [0.25, 0.3) is 0 Å². The minimum Gasteiger partial charge on any atom is -0.389 e. The van der Waals surface area contributed by atoms with Gasteiger partial charge < -0.3 is 14.9 Å². The van der Waals surface area contributed by atoms with Gasteiger partial charge in [-0.25, -0.2) is 0 Å². The van der Waals surface area contributed by atoms with Crippen molar-refractivity contribution in [2.24, 2.45) is 0 Å². The van der Waals surface area contributed by atoms with Crippen molar-refractivity contribution in [1.29, 1.82) is 0 Å². The molecule has 2 aromatic rings. The van der Waals surface area contributed by atoms with Crippen LogP contribution in [-0.2, 0) is 0 Å². The van der Waals surface area contributed by atoms with E-state index in [0.29, 0.717) is 0 Å². The second kappa shape index (κ2) is 5.65. The average Bonchev–Trinajstić information content (AvgIpc) is 2.47. The van der Waals surface area contributed by atoms with E-state index in [1.807, 2.05) is 12.1 Å². The highest BCUT2D eigenvalue weighted by Crippen LogP contribution is 2.35. The largest absolute Gasteiger partial charge is 0.389 e. The average molecular weight is 294 g/mol. The molecule has 2 heterocycles. The molecule has 2 aromatic carbocycles. The number of benzene rings is 2. The Morgan fingerprint density at radius 1 is 0.727 bits per heavy atom. The van der Waals surface area contributed by atoms with Crippen LogP contribution in [-0.4, -0.2) is 36.4 Å². The van der Waals surface area contributed by atoms with Gasteiger partial charge in [0.15, 0.2) is 0 Å². The summed E-state index contributed by atoms with van der Waals surface area (Å²) in [7, 11) is 0. The molecule has 0 spiro atoms. The molecule has 2 fully saturated rings. The topological polar surface area (TPSA) is 26.7 Å². The van der Waals surface area contributed by atoms with Gasteiger partial charge in [0.05, 0.1) is 18.2 Å². The third kappa shape index (κ3) is 2.26. The first-order chi connectivity index (χ1) is 10.8. The molecule has 4 rings (SSSR count). The molecule has 0 aromatic heterocycles. The van der Waals surface area contributed by atoms with Gasteiger partial charge in [0.25, 0.3) is 0 Å². The number of aliphatic hydroxyl groups excluding tert-OH is 1. The minimum atomic E-state index is -0.289. The number of aliphatic hydroxyl groups is 1. The lowest BCUT2D eigenvalue weighted by Gasteiger charge is -2.53. The molecule has 2 saturated heterocycles. The Morgan fingerprint density at radius 2 is 1.14 bits per heavy atom. The van der Waals surface area contributed by atoms with E-state index in [2.05, 4.69) is 58.3 Å². The van der Waals surface area contributed by atoms with Gasteiger partial charge in [-0.05, 0) is 37.1 Å². The summed E-state index contributed by atoms with van der Waals surface area (Å²) in [6, 6.07) is 21.4. The van der Waals surface area contributed by atoms with E-state index in [1.165, 1.54) is 11.4 Å². The summed E-state index contributed by atoms with van der Waals surface area (Å²) < 4.78 is 0. The highest BCUT2D eigenvalue weighted by Gasteiger charge is 2.43. The molecule has 2 aliphatic heterocycles. The van der Waals surface area contributed by atoms with Crippen LogP contribution in [0, 0.1) is 0 Å². The lowest BCUT2D eigenvalue weighted by molar-refractivity contribution is 0.0689. The molecule has 2 atom stereocenters. The fraction of sp³-hybridized carbons (Fsp3) is 0.368. The number of nitrogens with zero attached hydrogens (tertiary/aromatic N) is 2. The maximum atomic E-state index is 10.9. The van der Waals surface area contributed by atoms with Crippen LogP contribution < -0.4 is 9.80 Å². The molecule has 0 bridgehead atoms. The quantitative estimate of drug-likeness (QED) is 0.939. The van der Waals surface area contributed by atoms with E-state index in [-0.39, 0.29) is 18.2 Å². The Labute approximate surface area is 131 Å². The van der Waals surface area contributed by atoms with E-state index in [9.17, 15) is 5.11 Å². The summed E-state index contributed by atoms with van der Waals surface area (Å²) in [6.07, 6.45) is 1.87. The maximum Gasteiger partial charge on any atom is 0.0947 e. The molecule has 114 valence electrons. The van der Waals surface area contributed by atoms with Crippen LogP contribution in [0.2, 0.25) is 0 Å². The monoisotopic (exact) mass is 294 g/mol. The zero-order chi connectivity index (χ0) is 14.9. The number of hydrogen-bond acceptors (Lipinski definition) is 3. The Bertz CT molecular complexity index is 560. The third-order valence-electron chi connectivity index (χ3n) is 5.10. The first kappa shape index (κ1) is 13.6. The molecule has 2 aliphatic rings. The van der Waals surface area contributed by atoms with Crippen LogP contribution in [0.15, 0.2) is 60.7 Å². The highest BCUT2D eigenvalue weighted by molar-refractivity contribution is 5.53.